The average molecular weight is 720 g/mol. The molecule has 5 amide bonds. The first kappa shape index (κ1) is 39.1. The molecule has 3 saturated carbocycles. The van der Waals surface area contributed by atoms with E-state index in [1.54, 1.807) is 4.90 Å². The highest BCUT2D eigenvalue weighted by Gasteiger charge is 2.69. The molecule has 1 aromatic heterocycles. The zero-order valence-corrected chi connectivity index (χ0v) is 31.0. The molecule has 0 radical (unpaired) electrons. The molecule has 1 saturated heterocycles. The third-order valence-corrected chi connectivity index (χ3v) is 12.0. The van der Waals surface area contributed by atoms with E-state index in [2.05, 4.69) is 51.7 Å². The Kier molecular flexibility index (Phi) is 13.2. The molecule has 0 aromatic carbocycles. The lowest BCUT2D eigenvalue weighted by atomic mass is 9.81. The van der Waals surface area contributed by atoms with Gasteiger partial charge in [-0.3, -0.25) is 33.8 Å². The van der Waals surface area contributed by atoms with Crippen molar-refractivity contribution in [1.29, 1.82) is 0 Å². The van der Waals surface area contributed by atoms with Crippen molar-refractivity contribution in [2.24, 2.45) is 29.1 Å². The van der Waals surface area contributed by atoms with E-state index in [1.807, 2.05) is 6.92 Å². The number of hydrogen-bond donors (Lipinski definition) is 4. The Bertz CT molecular complexity index is 1470. The van der Waals surface area contributed by atoms with Crippen LogP contribution in [-0.2, 0) is 24.0 Å². The molecule has 1 aliphatic heterocycles. The monoisotopic (exact) mass is 719 g/mol. The van der Waals surface area contributed by atoms with Crippen LogP contribution in [-0.4, -0.2) is 87.4 Å². The first-order valence-electron chi connectivity index (χ1n) is 19.4. The number of nitrogens with zero attached hydrogens (tertiary/aromatic N) is 3. The van der Waals surface area contributed by atoms with Gasteiger partial charge in [-0.05, 0) is 61.2 Å². The number of carbonyl (C=O) groups is 6. The summed E-state index contributed by atoms with van der Waals surface area (Å²) < 4.78 is 0. The molecule has 13 heteroatoms. The Morgan fingerprint density at radius 1 is 0.923 bits per heavy atom. The third kappa shape index (κ3) is 8.89. The van der Waals surface area contributed by atoms with E-state index >= 15 is 0 Å². The standard InChI is InChI=1S/C39H57N7O6/c1-5-7-18-27(33(47)37(51)42-19-6-2)43-36(50)32-29-26(39(29,3)4)23-46(32)38(52)31(25-16-12-9-13-17-25)45-35(49)30(24-14-10-8-11-15-24)44-34(48)28-22-40-20-21-41-28/h6,20-22,24-27,29-32H,2,5,7-19,23H2,1,3-4H3,(H,42,51)(H,43,50)(H,44,48)(H,45,49)/t26-,27?,29-,30-,31-,32-/m0/s1. The Morgan fingerprint density at radius 2 is 1.58 bits per heavy atom. The van der Waals surface area contributed by atoms with E-state index < -0.39 is 53.6 Å². The number of amides is 5. The molecule has 4 aliphatic rings. The lowest BCUT2D eigenvalue weighted by Crippen LogP contribution is -2.62. The van der Waals surface area contributed by atoms with Gasteiger partial charge in [0.25, 0.3) is 11.8 Å². The summed E-state index contributed by atoms with van der Waals surface area (Å²) in [6.45, 7) is 10.2. The van der Waals surface area contributed by atoms with E-state index in [9.17, 15) is 28.8 Å². The highest BCUT2D eigenvalue weighted by Crippen LogP contribution is 2.65. The molecule has 52 heavy (non-hydrogen) atoms. The fraction of sp³-hybridized carbons (Fsp3) is 0.692. The van der Waals surface area contributed by atoms with Gasteiger partial charge in [-0.15, -0.1) is 6.58 Å². The molecular formula is C39H57N7O6. The van der Waals surface area contributed by atoms with Crippen LogP contribution in [0.2, 0.25) is 0 Å². The van der Waals surface area contributed by atoms with Crippen LogP contribution < -0.4 is 21.3 Å². The van der Waals surface area contributed by atoms with E-state index in [1.165, 1.54) is 24.7 Å². The molecule has 284 valence electrons. The quantitative estimate of drug-likeness (QED) is 0.149. The smallest absolute Gasteiger partial charge is 0.289 e. The average Bonchev–Trinajstić information content (AvgIpc) is 3.45. The van der Waals surface area contributed by atoms with Gasteiger partial charge < -0.3 is 26.2 Å². The highest BCUT2D eigenvalue weighted by atomic mass is 16.2. The van der Waals surface area contributed by atoms with Gasteiger partial charge in [0.05, 0.1) is 12.2 Å². The maximum atomic E-state index is 14.8. The lowest BCUT2D eigenvalue weighted by molar-refractivity contribution is -0.146. The van der Waals surface area contributed by atoms with E-state index in [-0.39, 0.29) is 47.2 Å². The Hall–Kier alpha value is -4.16. The van der Waals surface area contributed by atoms with Crippen molar-refractivity contribution >= 4 is 35.3 Å². The second-order valence-electron chi connectivity index (χ2n) is 15.8. The van der Waals surface area contributed by atoms with Crippen LogP contribution in [0.1, 0.15) is 115 Å². The van der Waals surface area contributed by atoms with Crippen molar-refractivity contribution in [3.05, 3.63) is 36.9 Å². The normalized spacial score (nSPS) is 24.4. The summed E-state index contributed by atoms with van der Waals surface area (Å²) >= 11 is 0. The predicted octanol–water partition coefficient (Wildman–Crippen LogP) is 3.25. The van der Waals surface area contributed by atoms with Gasteiger partial charge in [-0.1, -0.05) is 78.2 Å². The fourth-order valence-corrected chi connectivity index (χ4v) is 8.92. The Morgan fingerprint density at radius 3 is 2.17 bits per heavy atom. The molecule has 0 spiro atoms. The van der Waals surface area contributed by atoms with Crippen LogP contribution in [0.4, 0.5) is 0 Å². The zero-order valence-electron chi connectivity index (χ0n) is 31.0. The number of fused-ring (bicyclic) bond motifs is 1. The van der Waals surface area contributed by atoms with Gasteiger partial charge in [-0.25, -0.2) is 4.98 Å². The number of hydrogen-bond acceptors (Lipinski definition) is 8. The highest BCUT2D eigenvalue weighted by molar-refractivity contribution is 6.38. The first-order chi connectivity index (χ1) is 25.0. The SMILES string of the molecule is C=CCNC(=O)C(=O)C(CCCC)NC(=O)[C@@H]1[C@@H]2[C@H](CN1C(=O)[C@@H](NC(=O)[C@@H](NC(=O)c1cnccn1)C1CCCCC1)C1CCCCC1)C2(C)C. The molecule has 1 aromatic rings. The molecule has 3 aliphatic carbocycles. The summed E-state index contributed by atoms with van der Waals surface area (Å²) in [5.74, 6) is -3.47. The van der Waals surface area contributed by atoms with Crippen molar-refractivity contribution in [2.45, 2.75) is 128 Å². The fourth-order valence-electron chi connectivity index (χ4n) is 8.92. The summed E-state index contributed by atoms with van der Waals surface area (Å²) in [5, 5.41) is 11.4. The molecule has 2 heterocycles. The summed E-state index contributed by atoms with van der Waals surface area (Å²) in [4.78, 5) is 92.3. The molecule has 1 unspecified atom stereocenters. The minimum Gasteiger partial charge on any atom is -0.346 e. The summed E-state index contributed by atoms with van der Waals surface area (Å²) in [6, 6.07) is -3.63. The van der Waals surface area contributed by atoms with Gasteiger partial charge >= 0.3 is 0 Å². The summed E-state index contributed by atoms with van der Waals surface area (Å²) in [5.41, 5.74) is -0.0822. The molecule has 4 fully saturated rings. The lowest BCUT2D eigenvalue weighted by Gasteiger charge is -2.38. The van der Waals surface area contributed by atoms with Gasteiger partial charge in [0.15, 0.2) is 0 Å². The maximum absolute atomic E-state index is 14.8. The molecule has 13 nitrogen and oxygen atoms in total. The number of ketones is 1. The summed E-state index contributed by atoms with van der Waals surface area (Å²) in [7, 11) is 0. The zero-order chi connectivity index (χ0) is 37.4. The number of likely N-dealkylation sites (tertiary alicyclic amines) is 1. The van der Waals surface area contributed by atoms with Gasteiger partial charge in [0, 0.05) is 25.5 Å². The largest absolute Gasteiger partial charge is 0.346 e. The number of carbonyl (C=O) groups excluding carboxylic acids is 6. The molecule has 4 N–H and O–H groups in total. The predicted molar refractivity (Wildman–Crippen MR) is 194 cm³/mol. The second kappa shape index (κ2) is 17.6. The van der Waals surface area contributed by atoms with E-state index in [0.29, 0.717) is 19.4 Å². The molecule has 5 rings (SSSR count). The maximum Gasteiger partial charge on any atom is 0.289 e. The van der Waals surface area contributed by atoms with Crippen molar-refractivity contribution in [3.8, 4) is 0 Å². The summed E-state index contributed by atoms with van der Waals surface area (Å²) in [6.07, 6.45) is 16.4. The van der Waals surface area contributed by atoms with Crippen molar-refractivity contribution in [1.82, 2.24) is 36.1 Å². The van der Waals surface area contributed by atoms with Crippen LogP contribution >= 0.6 is 0 Å². The second-order valence-corrected chi connectivity index (χ2v) is 15.8. The minimum absolute atomic E-state index is 0.0804. The number of Topliss-reactive ketones (excluding diaryl/α,β-unsaturated/α-hetero) is 1. The van der Waals surface area contributed by atoms with E-state index in [4.69, 9.17) is 0 Å². The number of unbranched alkanes of at least 4 members (excludes halogenated alkanes) is 1. The Labute approximate surface area is 307 Å². The van der Waals surface area contributed by atoms with Crippen LogP contribution in [0.25, 0.3) is 0 Å². The van der Waals surface area contributed by atoms with Crippen LogP contribution in [0, 0.1) is 29.1 Å². The van der Waals surface area contributed by atoms with Crippen LogP contribution in [0.15, 0.2) is 31.2 Å². The number of piperidine rings is 1. The number of rotatable bonds is 16. The molecular weight excluding hydrogens is 662 g/mol. The molecule has 6 atom stereocenters. The topological polar surface area (TPSA) is 180 Å². The number of aromatic nitrogens is 2. The van der Waals surface area contributed by atoms with Gasteiger partial charge in [0.1, 0.15) is 23.8 Å². The van der Waals surface area contributed by atoms with Crippen LogP contribution in [0.3, 0.4) is 0 Å². The van der Waals surface area contributed by atoms with Gasteiger partial charge in [0.2, 0.25) is 23.5 Å². The van der Waals surface area contributed by atoms with Crippen molar-refractivity contribution in [2.75, 3.05) is 13.1 Å². The van der Waals surface area contributed by atoms with Crippen molar-refractivity contribution < 1.29 is 28.8 Å². The third-order valence-electron chi connectivity index (χ3n) is 12.0. The number of nitrogens with one attached hydrogen (secondary N) is 4. The molecule has 0 bridgehead atoms. The van der Waals surface area contributed by atoms with Crippen LogP contribution in [0.5, 0.6) is 0 Å². The minimum atomic E-state index is -1.03. The van der Waals surface area contributed by atoms with Gasteiger partial charge in [-0.2, -0.15) is 0 Å². The van der Waals surface area contributed by atoms with E-state index in [0.717, 1.165) is 70.6 Å². The first-order valence-corrected chi connectivity index (χ1v) is 19.4. The Balaban J connectivity index is 1.39. The van der Waals surface area contributed by atoms with Crippen molar-refractivity contribution in [3.63, 3.8) is 0 Å².